The normalized spacial score (nSPS) is 18.1. The van der Waals surface area contributed by atoms with Crippen molar-refractivity contribution in [3.8, 4) is 0 Å². The number of Topliss-reactive ketones (excluding diaryl/α,β-unsaturated/α-hetero) is 1. The summed E-state index contributed by atoms with van der Waals surface area (Å²) in [6.45, 7) is 1.93. The summed E-state index contributed by atoms with van der Waals surface area (Å²) >= 11 is 7.75. The Bertz CT molecular complexity index is 812. The number of piperidine rings is 1. The Labute approximate surface area is 160 Å². The molecule has 0 spiro atoms. The van der Waals surface area contributed by atoms with Gasteiger partial charge in [0.05, 0.1) is 10.4 Å². The van der Waals surface area contributed by atoms with Crippen LogP contribution in [-0.4, -0.2) is 42.9 Å². The second-order valence-corrected chi connectivity index (χ2v) is 8.09. The second-order valence-electron chi connectivity index (χ2n) is 6.67. The summed E-state index contributed by atoms with van der Waals surface area (Å²) in [4.78, 5) is 21.9. The van der Waals surface area contributed by atoms with Gasteiger partial charge in [0, 0.05) is 33.1 Å². The summed E-state index contributed by atoms with van der Waals surface area (Å²) in [5.74, 6) is -1.96. The Morgan fingerprint density at radius 1 is 1.42 bits per heavy atom. The summed E-state index contributed by atoms with van der Waals surface area (Å²) in [5, 5.41) is 1.31. The number of ketones is 1. The van der Waals surface area contributed by atoms with Crippen molar-refractivity contribution >= 4 is 33.9 Å². The molecular formula is C18H20ClF2N3OS. The topological polar surface area (TPSA) is 36.4 Å². The average Bonchev–Trinajstić information content (AvgIpc) is 2.98. The molecule has 1 aromatic carbocycles. The molecule has 140 valence electrons. The zero-order valence-electron chi connectivity index (χ0n) is 14.6. The largest absolute Gasteiger partial charge is 0.354 e. The minimum Gasteiger partial charge on any atom is -0.354 e. The van der Waals surface area contributed by atoms with Crippen LogP contribution in [-0.2, 0) is 6.54 Å². The molecule has 4 nitrogen and oxygen atoms in total. The van der Waals surface area contributed by atoms with E-state index in [0.29, 0.717) is 24.7 Å². The van der Waals surface area contributed by atoms with Crippen molar-refractivity contribution in [2.24, 2.45) is 5.92 Å². The monoisotopic (exact) mass is 399 g/mol. The van der Waals surface area contributed by atoms with Gasteiger partial charge in [0.15, 0.2) is 10.9 Å². The first-order chi connectivity index (χ1) is 12.3. The first-order valence-electron chi connectivity index (χ1n) is 8.39. The summed E-state index contributed by atoms with van der Waals surface area (Å²) in [6, 6.07) is 3.01. The molecule has 1 atom stereocenters. The van der Waals surface area contributed by atoms with E-state index in [0.717, 1.165) is 41.2 Å². The van der Waals surface area contributed by atoms with E-state index in [1.165, 1.54) is 11.3 Å². The van der Waals surface area contributed by atoms with Gasteiger partial charge in [0.1, 0.15) is 16.8 Å². The predicted octanol–water partition coefficient (Wildman–Crippen LogP) is 4.24. The highest BCUT2D eigenvalue weighted by molar-refractivity contribution is 7.16. The molecule has 0 saturated carbocycles. The fourth-order valence-corrected chi connectivity index (χ4v) is 4.36. The van der Waals surface area contributed by atoms with Gasteiger partial charge in [0.25, 0.3) is 0 Å². The number of nitrogens with zero attached hydrogens (tertiary/aromatic N) is 3. The predicted molar refractivity (Wildman–Crippen MR) is 100 cm³/mol. The number of likely N-dealkylation sites (tertiary alicyclic amines) is 1. The lowest BCUT2D eigenvalue weighted by Crippen LogP contribution is -2.38. The lowest BCUT2D eigenvalue weighted by Gasteiger charge is -2.31. The third kappa shape index (κ3) is 4.22. The molecule has 2 aromatic rings. The molecule has 3 rings (SSSR count). The molecule has 0 bridgehead atoms. The van der Waals surface area contributed by atoms with Gasteiger partial charge in [-0.2, -0.15) is 0 Å². The number of benzene rings is 1. The van der Waals surface area contributed by atoms with Crippen LogP contribution in [0.2, 0.25) is 5.15 Å². The molecule has 8 heteroatoms. The SMILES string of the molecule is CN(C)c1nc(Cl)c(CN2CCC[C@@H](C(=O)c3cc(F)ccc3F)C2)s1. The number of carbonyl (C=O) groups is 1. The maximum atomic E-state index is 13.9. The van der Waals surface area contributed by atoms with Crippen LogP contribution in [0.1, 0.15) is 28.1 Å². The zero-order valence-corrected chi connectivity index (χ0v) is 16.2. The maximum absolute atomic E-state index is 13.9. The van der Waals surface area contributed by atoms with Crippen LogP contribution in [0.15, 0.2) is 18.2 Å². The van der Waals surface area contributed by atoms with Crippen LogP contribution in [0.25, 0.3) is 0 Å². The van der Waals surface area contributed by atoms with Gasteiger partial charge in [0.2, 0.25) is 0 Å². The molecule has 1 aromatic heterocycles. The van der Waals surface area contributed by atoms with E-state index in [4.69, 9.17) is 11.6 Å². The van der Waals surface area contributed by atoms with E-state index in [1.54, 1.807) is 0 Å². The highest BCUT2D eigenvalue weighted by Gasteiger charge is 2.29. The van der Waals surface area contributed by atoms with Crippen molar-refractivity contribution in [3.05, 3.63) is 45.4 Å². The maximum Gasteiger partial charge on any atom is 0.186 e. The Balaban J connectivity index is 1.71. The van der Waals surface area contributed by atoms with Crippen LogP contribution in [0.4, 0.5) is 13.9 Å². The number of carbonyl (C=O) groups excluding carboxylic acids is 1. The third-order valence-corrected chi connectivity index (χ3v) is 6.09. The molecule has 0 radical (unpaired) electrons. The third-order valence-electron chi connectivity index (χ3n) is 4.46. The van der Waals surface area contributed by atoms with Crippen LogP contribution in [0.3, 0.4) is 0 Å². The van der Waals surface area contributed by atoms with Crippen molar-refractivity contribution in [1.82, 2.24) is 9.88 Å². The average molecular weight is 400 g/mol. The van der Waals surface area contributed by atoms with Gasteiger partial charge in [-0.15, -0.1) is 0 Å². The van der Waals surface area contributed by atoms with E-state index in [2.05, 4.69) is 9.88 Å². The molecule has 0 aliphatic carbocycles. The van der Waals surface area contributed by atoms with Crippen LogP contribution >= 0.6 is 22.9 Å². The molecule has 2 heterocycles. The molecule has 1 aliphatic rings. The number of anilines is 1. The molecular weight excluding hydrogens is 380 g/mol. The van der Waals surface area contributed by atoms with Crippen molar-refractivity contribution in [3.63, 3.8) is 0 Å². The zero-order chi connectivity index (χ0) is 18.8. The minimum atomic E-state index is -0.672. The van der Waals surface area contributed by atoms with Crippen molar-refractivity contribution in [2.75, 3.05) is 32.1 Å². The molecule has 1 fully saturated rings. The van der Waals surface area contributed by atoms with Gasteiger partial charge >= 0.3 is 0 Å². The van der Waals surface area contributed by atoms with Gasteiger partial charge < -0.3 is 4.90 Å². The second kappa shape index (κ2) is 7.98. The summed E-state index contributed by atoms with van der Waals surface area (Å²) in [6.07, 6.45) is 1.49. The van der Waals surface area contributed by atoms with E-state index >= 15 is 0 Å². The van der Waals surface area contributed by atoms with E-state index in [1.807, 2.05) is 19.0 Å². The van der Waals surface area contributed by atoms with Gasteiger partial charge in [-0.3, -0.25) is 9.69 Å². The first-order valence-corrected chi connectivity index (χ1v) is 9.58. The fraction of sp³-hybridized carbons (Fsp3) is 0.444. The van der Waals surface area contributed by atoms with Gasteiger partial charge in [-0.05, 0) is 37.6 Å². The Morgan fingerprint density at radius 3 is 2.88 bits per heavy atom. The smallest absolute Gasteiger partial charge is 0.186 e. The summed E-state index contributed by atoms with van der Waals surface area (Å²) < 4.78 is 27.3. The number of halogens is 3. The summed E-state index contributed by atoms with van der Waals surface area (Å²) in [7, 11) is 3.81. The van der Waals surface area contributed by atoms with Crippen molar-refractivity contribution < 1.29 is 13.6 Å². The number of rotatable bonds is 5. The minimum absolute atomic E-state index is 0.164. The number of aromatic nitrogens is 1. The molecule has 1 aliphatic heterocycles. The Hall–Kier alpha value is -1.57. The van der Waals surface area contributed by atoms with Gasteiger partial charge in [-0.25, -0.2) is 13.8 Å². The quantitative estimate of drug-likeness (QED) is 0.705. The highest BCUT2D eigenvalue weighted by atomic mass is 35.5. The number of hydrogen-bond donors (Lipinski definition) is 0. The molecule has 0 unspecified atom stereocenters. The molecule has 1 saturated heterocycles. The van der Waals surface area contributed by atoms with Crippen LogP contribution in [0.5, 0.6) is 0 Å². The van der Waals surface area contributed by atoms with Crippen LogP contribution < -0.4 is 4.90 Å². The Morgan fingerprint density at radius 2 is 2.19 bits per heavy atom. The lowest BCUT2D eigenvalue weighted by atomic mass is 9.89. The number of thiazole rings is 1. The van der Waals surface area contributed by atoms with E-state index in [9.17, 15) is 13.6 Å². The van der Waals surface area contributed by atoms with E-state index in [-0.39, 0.29) is 17.3 Å². The van der Waals surface area contributed by atoms with E-state index < -0.39 is 11.6 Å². The van der Waals surface area contributed by atoms with Crippen molar-refractivity contribution in [1.29, 1.82) is 0 Å². The lowest BCUT2D eigenvalue weighted by molar-refractivity contribution is 0.0808. The summed E-state index contributed by atoms with van der Waals surface area (Å²) in [5.41, 5.74) is -0.164. The van der Waals surface area contributed by atoms with Gasteiger partial charge in [-0.1, -0.05) is 22.9 Å². The molecule has 26 heavy (non-hydrogen) atoms. The molecule has 0 amide bonds. The standard InChI is InChI=1S/C18H20ClF2N3OS/c1-23(2)18-22-17(19)15(26-18)10-24-7-3-4-11(9-24)16(25)13-8-12(20)5-6-14(13)21/h5-6,8,11H,3-4,7,9-10H2,1-2H3/t11-/m1/s1. The Kier molecular flexibility index (Phi) is 5.89. The highest BCUT2D eigenvalue weighted by Crippen LogP contribution is 2.31. The van der Waals surface area contributed by atoms with Crippen LogP contribution in [0, 0.1) is 17.6 Å². The van der Waals surface area contributed by atoms with Crippen molar-refractivity contribution in [2.45, 2.75) is 19.4 Å². The first kappa shape index (κ1) is 19.2. The number of hydrogen-bond acceptors (Lipinski definition) is 5. The fourth-order valence-electron chi connectivity index (χ4n) is 3.13. The molecule has 0 N–H and O–H groups in total.